The molecule has 1 unspecified atom stereocenters. The van der Waals surface area contributed by atoms with Gasteiger partial charge in [-0.3, -0.25) is 9.78 Å². The van der Waals surface area contributed by atoms with E-state index in [4.69, 9.17) is 5.73 Å². The van der Waals surface area contributed by atoms with Crippen LogP contribution in [0.4, 0.5) is 0 Å². The summed E-state index contributed by atoms with van der Waals surface area (Å²) in [6.07, 6.45) is 2.42. The van der Waals surface area contributed by atoms with Crippen molar-refractivity contribution in [2.75, 3.05) is 6.54 Å². The minimum Gasteiger partial charge on any atom is -0.352 e. The van der Waals surface area contributed by atoms with Crippen molar-refractivity contribution < 1.29 is 4.79 Å². The lowest BCUT2D eigenvalue weighted by Crippen LogP contribution is -2.28. The lowest BCUT2D eigenvalue weighted by atomic mass is 10.2. The van der Waals surface area contributed by atoms with Gasteiger partial charge in [0.1, 0.15) is 0 Å². The molecule has 0 aliphatic carbocycles. The van der Waals surface area contributed by atoms with Crippen molar-refractivity contribution in [1.82, 2.24) is 10.3 Å². The molecule has 0 saturated carbocycles. The molecular formula is C11H17N3O. The number of pyridine rings is 1. The molecule has 1 atom stereocenters. The lowest BCUT2D eigenvalue weighted by molar-refractivity contribution is 0.0952. The third-order valence-corrected chi connectivity index (χ3v) is 2.04. The number of nitrogens with one attached hydrogen (secondary N) is 1. The van der Waals surface area contributed by atoms with E-state index in [0.29, 0.717) is 12.1 Å². The highest BCUT2D eigenvalue weighted by molar-refractivity contribution is 5.94. The minimum absolute atomic E-state index is 0.0684. The van der Waals surface area contributed by atoms with E-state index in [1.54, 1.807) is 18.3 Å². The first kappa shape index (κ1) is 11.7. The SMILES string of the molecule is Cc1cc(C(=O)NCCC(C)N)ccn1. The summed E-state index contributed by atoms with van der Waals surface area (Å²) >= 11 is 0. The van der Waals surface area contributed by atoms with Gasteiger partial charge in [-0.2, -0.15) is 0 Å². The van der Waals surface area contributed by atoms with Crippen LogP contribution >= 0.6 is 0 Å². The molecule has 82 valence electrons. The van der Waals surface area contributed by atoms with E-state index < -0.39 is 0 Å². The molecule has 0 radical (unpaired) electrons. The standard InChI is InChI=1S/C11H17N3O/c1-8(12)3-5-14-11(15)10-4-6-13-9(2)7-10/h4,6-8H,3,5,12H2,1-2H3,(H,14,15). The second kappa shape index (κ2) is 5.46. The molecule has 1 aromatic rings. The summed E-state index contributed by atoms with van der Waals surface area (Å²) in [5.74, 6) is -0.0684. The van der Waals surface area contributed by atoms with Gasteiger partial charge in [0.05, 0.1) is 0 Å². The van der Waals surface area contributed by atoms with Gasteiger partial charge in [-0.1, -0.05) is 0 Å². The van der Waals surface area contributed by atoms with E-state index in [1.807, 2.05) is 13.8 Å². The maximum Gasteiger partial charge on any atom is 0.251 e. The highest BCUT2D eigenvalue weighted by Crippen LogP contribution is 2.00. The summed E-state index contributed by atoms with van der Waals surface area (Å²) in [4.78, 5) is 15.6. The fourth-order valence-electron chi connectivity index (χ4n) is 1.20. The molecule has 0 bridgehead atoms. The Balaban J connectivity index is 2.47. The van der Waals surface area contributed by atoms with E-state index >= 15 is 0 Å². The molecule has 3 N–H and O–H groups in total. The first-order valence-corrected chi connectivity index (χ1v) is 5.06. The van der Waals surface area contributed by atoms with E-state index in [-0.39, 0.29) is 11.9 Å². The summed E-state index contributed by atoms with van der Waals surface area (Å²) in [5, 5.41) is 2.81. The largest absolute Gasteiger partial charge is 0.352 e. The van der Waals surface area contributed by atoms with Gasteiger partial charge in [0.15, 0.2) is 0 Å². The van der Waals surface area contributed by atoms with Gasteiger partial charge < -0.3 is 11.1 Å². The molecule has 0 fully saturated rings. The molecule has 1 rings (SSSR count). The van der Waals surface area contributed by atoms with E-state index in [0.717, 1.165) is 12.1 Å². The summed E-state index contributed by atoms with van der Waals surface area (Å²) < 4.78 is 0. The predicted octanol–water partition coefficient (Wildman–Crippen LogP) is 0.857. The van der Waals surface area contributed by atoms with Crippen molar-refractivity contribution in [3.63, 3.8) is 0 Å². The average molecular weight is 207 g/mol. The van der Waals surface area contributed by atoms with Gasteiger partial charge in [0.2, 0.25) is 0 Å². The zero-order chi connectivity index (χ0) is 11.3. The lowest BCUT2D eigenvalue weighted by Gasteiger charge is -2.07. The molecular weight excluding hydrogens is 190 g/mol. The van der Waals surface area contributed by atoms with Gasteiger partial charge in [-0.15, -0.1) is 0 Å². The second-order valence-electron chi connectivity index (χ2n) is 3.71. The number of carbonyl (C=O) groups is 1. The molecule has 0 saturated heterocycles. The Morgan fingerprint density at radius 1 is 1.67 bits per heavy atom. The molecule has 1 heterocycles. The van der Waals surface area contributed by atoms with Crippen LogP contribution in [0.1, 0.15) is 29.4 Å². The smallest absolute Gasteiger partial charge is 0.251 e. The number of hydrogen-bond acceptors (Lipinski definition) is 3. The van der Waals surface area contributed by atoms with Crippen LogP contribution in [-0.4, -0.2) is 23.5 Å². The van der Waals surface area contributed by atoms with E-state index in [2.05, 4.69) is 10.3 Å². The Labute approximate surface area is 89.9 Å². The number of aromatic nitrogens is 1. The van der Waals surface area contributed by atoms with Crippen LogP contribution in [0.25, 0.3) is 0 Å². The average Bonchev–Trinajstić information content (AvgIpc) is 2.17. The highest BCUT2D eigenvalue weighted by Gasteiger charge is 2.05. The summed E-state index contributed by atoms with van der Waals surface area (Å²) in [7, 11) is 0. The maximum atomic E-state index is 11.6. The molecule has 4 nitrogen and oxygen atoms in total. The van der Waals surface area contributed by atoms with Crippen molar-refractivity contribution >= 4 is 5.91 Å². The molecule has 0 spiro atoms. The number of hydrogen-bond donors (Lipinski definition) is 2. The van der Waals surface area contributed by atoms with Gasteiger partial charge in [-0.05, 0) is 32.4 Å². The summed E-state index contributed by atoms with van der Waals surface area (Å²) in [5.41, 5.74) is 7.07. The second-order valence-corrected chi connectivity index (χ2v) is 3.71. The quantitative estimate of drug-likeness (QED) is 0.769. The van der Waals surface area contributed by atoms with Crippen LogP contribution in [0.2, 0.25) is 0 Å². The normalized spacial score (nSPS) is 12.2. The van der Waals surface area contributed by atoms with Crippen LogP contribution in [0.3, 0.4) is 0 Å². The van der Waals surface area contributed by atoms with Crippen LogP contribution in [0.15, 0.2) is 18.3 Å². The molecule has 0 aromatic carbocycles. The number of nitrogens with zero attached hydrogens (tertiary/aromatic N) is 1. The third-order valence-electron chi connectivity index (χ3n) is 2.04. The number of aryl methyl sites for hydroxylation is 1. The zero-order valence-corrected chi connectivity index (χ0v) is 9.16. The van der Waals surface area contributed by atoms with Crippen molar-refractivity contribution in [2.45, 2.75) is 26.3 Å². The first-order valence-electron chi connectivity index (χ1n) is 5.06. The Bertz CT molecular complexity index is 336. The molecule has 4 heteroatoms. The van der Waals surface area contributed by atoms with E-state index in [9.17, 15) is 4.79 Å². The monoisotopic (exact) mass is 207 g/mol. The van der Waals surface area contributed by atoms with Crippen molar-refractivity contribution in [1.29, 1.82) is 0 Å². The summed E-state index contributed by atoms with van der Waals surface area (Å²) in [6.45, 7) is 4.39. The summed E-state index contributed by atoms with van der Waals surface area (Å²) in [6, 6.07) is 3.58. The Morgan fingerprint density at radius 2 is 2.40 bits per heavy atom. The van der Waals surface area contributed by atoms with E-state index in [1.165, 1.54) is 0 Å². The predicted molar refractivity (Wildman–Crippen MR) is 59.6 cm³/mol. The molecule has 0 aliphatic heterocycles. The molecule has 1 amide bonds. The highest BCUT2D eigenvalue weighted by atomic mass is 16.1. The number of amides is 1. The number of carbonyl (C=O) groups excluding carboxylic acids is 1. The van der Waals surface area contributed by atoms with Gasteiger partial charge in [0.25, 0.3) is 5.91 Å². The minimum atomic E-state index is -0.0684. The Hall–Kier alpha value is -1.42. The molecule has 1 aromatic heterocycles. The third kappa shape index (κ3) is 4.08. The fraction of sp³-hybridized carbons (Fsp3) is 0.455. The first-order chi connectivity index (χ1) is 7.09. The fourth-order valence-corrected chi connectivity index (χ4v) is 1.20. The van der Waals surface area contributed by atoms with Gasteiger partial charge >= 0.3 is 0 Å². The van der Waals surface area contributed by atoms with Crippen LogP contribution < -0.4 is 11.1 Å². The zero-order valence-electron chi connectivity index (χ0n) is 9.16. The van der Waals surface area contributed by atoms with Crippen LogP contribution in [0.5, 0.6) is 0 Å². The number of rotatable bonds is 4. The molecule has 0 aliphatic rings. The van der Waals surface area contributed by atoms with Crippen molar-refractivity contribution in [2.24, 2.45) is 5.73 Å². The van der Waals surface area contributed by atoms with Crippen molar-refractivity contribution in [3.05, 3.63) is 29.6 Å². The topological polar surface area (TPSA) is 68.0 Å². The maximum absolute atomic E-state index is 11.6. The Morgan fingerprint density at radius 3 is 3.00 bits per heavy atom. The van der Waals surface area contributed by atoms with Crippen LogP contribution in [-0.2, 0) is 0 Å². The Kier molecular flexibility index (Phi) is 4.24. The number of nitrogens with two attached hydrogens (primary N) is 1. The van der Waals surface area contributed by atoms with Gasteiger partial charge in [-0.25, -0.2) is 0 Å². The van der Waals surface area contributed by atoms with Crippen LogP contribution in [0, 0.1) is 6.92 Å². The van der Waals surface area contributed by atoms with Crippen molar-refractivity contribution in [3.8, 4) is 0 Å². The van der Waals surface area contributed by atoms with Gasteiger partial charge in [0, 0.05) is 30.0 Å². The molecule has 15 heavy (non-hydrogen) atoms.